The van der Waals surface area contributed by atoms with E-state index < -0.39 is 25.4 Å². The van der Waals surface area contributed by atoms with Gasteiger partial charge in [0.15, 0.2) is 0 Å². The van der Waals surface area contributed by atoms with Crippen LogP contribution in [0.3, 0.4) is 0 Å². The summed E-state index contributed by atoms with van der Waals surface area (Å²) in [6.07, 6.45) is -0.285. The van der Waals surface area contributed by atoms with Crippen molar-refractivity contribution in [1.29, 1.82) is 0 Å². The zero-order valence-corrected chi connectivity index (χ0v) is 16.3. The third-order valence-electron chi connectivity index (χ3n) is 5.48. The smallest absolute Gasteiger partial charge is 0.423 e. The molecule has 1 saturated heterocycles. The lowest BCUT2D eigenvalue weighted by Crippen LogP contribution is -2.41. The Morgan fingerprint density at radius 1 is 0.960 bits per heavy atom. The van der Waals surface area contributed by atoms with E-state index in [4.69, 9.17) is 14.0 Å². The van der Waals surface area contributed by atoms with E-state index in [0.717, 1.165) is 16.5 Å². The van der Waals surface area contributed by atoms with Crippen LogP contribution in [0, 0.1) is 5.41 Å². The lowest BCUT2D eigenvalue weighted by Gasteiger charge is -2.32. The van der Waals surface area contributed by atoms with Crippen LogP contribution in [0.15, 0.2) is 35.8 Å². The molecule has 0 aliphatic carbocycles. The molecule has 0 amide bonds. The predicted molar refractivity (Wildman–Crippen MR) is 102 cm³/mol. The third-order valence-corrected chi connectivity index (χ3v) is 5.48. The molecule has 0 bridgehead atoms. The van der Waals surface area contributed by atoms with Crippen molar-refractivity contribution in [3.63, 3.8) is 0 Å². The lowest BCUT2D eigenvalue weighted by atomic mass is 9.62. The van der Waals surface area contributed by atoms with E-state index in [1.54, 1.807) is 0 Å². The van der Waals surface area contributed by atoms with Gasteiger partial charge in [0.25, 0.3) is 0 Å². The minimum Gasteiger partial charge on any atom is -0.423 e. The van der Waals surface area contributed by atoms with Crippen LogP contribution in [0.5, 0.6) is 0 Å². The van der Waals surface area contributed by atoms with E-state index in [2.05, 4.69) is 20.8 Å². The zero-order chi connectivity index (χ0) is 18.6. The first kappa shape index (κ1) is 18.7. The summed E-state index contributed by atoms with van der Waals surface area (Å²) in [5, 5.41) is 10.7. The number of hydrogen-bond acceptors (Lipinski definition) is 4. The van der Waals surface area contributed by atoms with E-state index in [0.29, 0.717) is 0 Å². The molecule has 0 radical (unpaired) electrons. The molecule has 0 spiro atoms. The van der Waals surface area contributed by atoms with Gasteiger partial charge in [-0.3, -0.25) is 0 Å². The maximum Gasteiger partial charge on any atom is 0.492 e. The molecule has 1 atom stereocenters. The highest BCUT2D eigenvalue weighted by atomic mass is 16.7. The number of rotatable bonds is 2. The summed E-state index contributed by atoms with van der Waals surface area (Å²) < 4.78 is 18.6. The van der Waals surface area contributed by atoms with E-state index in [1.807, 2.05) is 58.0 Å². The summed E-state index contributed by atoms with van der Waals surface area (Å²) in [5.74, 6) is 0. The van der Waals surface area contributed by atoms with Gasteiger partial charge in [-0.1, -0.05) is 51.1 Å². The fraction of sp³-hybridized carbons (Fsp3) is 0.579. The minimum absolute atomic E-state index is 0.198. The molecule has 0 saturated carbocycles. The Hall–Kier alpha value is -1.07. The van der Waals surface area contributed by atoms with Crippen LogP contribution in [-0.2, 0) is 14.0 Å². The molecule has 1 fully saturated rings. The molecule has 1 aromatic rings. The van der Waals surface area contributed by atoms with Crippen molar-refractivity contribution in [2.75, 3.05) is 0 Å². The molecule has 2 heterocycles. The summed E-state index contributed by atoms with van der Waals surface area (Å²) in [7, 11) is -1.53. The molecule has 6 heteroatoms. The van der Waals surface area contributed by atoms with Gasteiger partial charge in [0.1, 0.15) is 0 Å². The van der Waals surface area contributed by atoms with Crippen molar-refractivity contribution in [3.05, 3.63) is 41.4 Å². The van der Waals surface area contributed by atoms with Gasteiger partial charge < -0.3 is 19.0 Å². The van der Waals surface area contributed by atoms with E-state index >= 15 is 0 Å². The first-order valence-corrected chi connectivity index (χ1v) is 8.92. The van der Waals surface area contributed by atoms with Gasteiger partial charge in [-0.2, -0.15) is 0 Å². The fourth-order valence-corrected chi connectivity index (χ4v) is 3.37. The second kappa shape index (κ2) is 5.98. The van der Waals surface area contributed by atoms with Gasteiger partial charge >= 0.3 is 14.2 Å². The summed E-state index contributed by atoms with van der Waals surface area (Å²) in [5.41, 5.74) is 1.51. The quantitative estimate of drug-likeness (QED) is 0.836. The monoisotopic (exact) mass is 342 g/mol. The molecule has 3 rings (SSSR count). The number of hydrogen-bond donors (Lipinski definition) is 1. The van der Waals surface area contributed by atoms with Crippen molar-refractivity contribution in [3.8, 4) is 0 Å². The average molecular weight is 342 g/mol. The van der Waals surface area contributed by atoms with Crippen LogP contribution in [0.25, 0.3) is 5.47 Å². The normalized spacial score (nSPS) is 25.8. The van der Waals surface area contributed by atoms with E-state index in [9.17, 15) is 5.02 Å². The van der Waals surface area contributed by atoms with Crippen molar-refractivity contribution in [2.24, 2.45) is 5.41 Å². The summed E-state index contributed by atoms with van der Waals surface area (Å²) in [4.78, 5) is 0. The molecule has 2 aliphatic heterocycles. The summed E-state index contributed by atoms with van der Waals surface area (Å²) in [6.45, 7) is 14.4. The Morgan fingerprint density at radius 3 is 1.96 bits per heavy atom. The standard InChI is InChI=1S/C19H28B2O4/c1-17(2,3)16-15(21-24-18(4,5)19(6,7)25-21)14(20(22)23-16)13-11-9-8-10-12-13/h8-12,16,22H,1-7H3. The first-order chi connectivity index (χ1) is 11.4. The van der Waals surface area contributed by atoms with Crippen molar-refractivity contribution < 1.29 is 19.0 Å². The molecular weight excluding hydrogens is 314 g/mol. The molecule has 1 unspecified atom stereocenters. The highest BCUT2D eigenvalue weighted by Gasteiger charge is 2.58. The van der Waals surface area contributed by atoms with Crippen molar-refractivity contribution in [1.82, 2.24) is 0 Å². The van der Waals surface area contributed by atoms with Crippen LogP contribution >= 0.6 is 0 Å². The van der Waals surface area contributed by atoms with Crippen molar-refractivity contribution in [2.45, 2.75) is 65.8 Å². The van der Waals surface area contributed by atoms with Crippen LogP contribution in [0.1, 0.15) is 54.0 Å². The summed E-state index contributed by atoms with van der Waals surface area (Å²) >= 11 is 0. The second-order valence-electron chi connectivity index (χ2n) is 9.06. The Kier molecular flexibility index (Phi) is 4.48. The molecule has 2 aliphatic rings. The Balaban J connectivity index is 2.13. The molecule has 0 aromatic heterocycles. The van der Waals surface area contributed by atoms with Crippen LogP contribution in [0.2, 0.25) is 0 Å². The molecule has 4 nitrogen and oxygen atoms in total. The fourth-order valence-electron chi connectivity index (χ4n) is 3.37. The molecule has 1 N–H and O–H groups in total. The van der Waals surface area contributed by atoms with Gasteiger partial charge in [0, 0.05) is 0 Å². The van der Waals surface area contributed by atoms with E-state index in [-0.39, 0.29) is 11.5 Å². The average Bonchev–Trinajstić information content (AvgIpc) is 2.94. The maximum atomic E-state index is 10.7. The van der Waals surface area contributed by atoms with Gasteiger partial charge in [-0.25, -0.2) is 0 Å². The highest BCUT2D eigenvalue weighted by Crippen LogP contribution is 2.46. The Labute approximate surface area is 151 Å². The maximum absolute atomic E-state index is 10.7. The van der Waals surface area contributed by atoms with E-state index in [1.165, 1.54) is 0 Å². The summed E-state index contributed by atoms with van der Waals surface area (Å²) in [6, 6.07) is 9.85. The SMILES string of the molecule is CC(C)(C)C1OB(O)C(c2ccccc2)=C1B1OC(C)(C)C(C)(C)O1. The number of benzene rings is 1. The Morgan fingerprint density at radius 2 is 1.48 bits per heavy atom. The van der Waals surface area contributed by atoms with Gasteiger partial charge in [-0.15, -0.1) is 0 Å². The first-order valence-electron chi connectivity index (χ1n) is 8.92. The molecule has 134 valence electrons. The van der Waals surface area contributed by atoms with Crippen LogP contribution < -0.4 is 0 Å². The van der Waals surface area contributed by atoms with Gasteiger partial charge in [-0.05, 0) is 49.6 Å². The lowest BCUT2D eigenvalue weighted by molar-refractivity contribution is 0.00578. The largest absolute Gasteiger partial charge is 0.492 e. The van der Waals surface area contributed by atoms with Gasteiger partial charge in [0.05, 0.1) is 17.3 Å². The molecular formula is C19H28B2O4. The van der Waals surface area contributed by atoms with Crippen LogP contribution in [0.4, 0.5) is 0 Å². The second-order valence-corrected chi connectivity index (χ2v) is 9.06. The zero-order valence-electron chi connectivity index (χ0n) is 16.3. The van der Waals surface area contributed by atoms with Crippen LogP contribution in [-0.4, -0.2) is 36.6 Å². The minimum atomic E-state index is -0.986. The highest BCUT2D eigenvalue weighted by molar-refractivity contribution is 6.74. The van der Waals surface area contributed by atoms with Gasteiger partial charge in [0.2, 0.25) is 0 Å². The van der Waals surface area contributed by atoms with Crippen molar-refractivity contribution >= 4 is 19.7 Å². The third kappa shape index (κ3) is 3.21. The topological polar surface area (TPSA) is 47.9 Å². The Bertz CT molecular complexity index is 660. The predicted octanol–water partition coefficient (Wildman–Crippen LogP) is 3.54. The molecule has 25 heavy (non-hydrogen) atoms. The molecule has 1 aromatic carbocycles.